The zero-order valence-electron chi connectivity index (χ0n) is 11.2. The van der Waals surface area contributed by atoms with Crippen LogP contribution in [0.25, 0.3) is 0 Å². The van der Waals surface area contributed by atoms with Gasteiger partial charge in [0.15, 0.2) is 0 Å². The van der Waals surface area contributed by atoms with E-state index in [1.807, 2.05) is 0 Å². The summed E-state index contributed by atoms with van der Waals surface area (Å²) in [5.74, 6) is -0.855. The number of benzene rings is 2. The predicted octanol–water partition coefficient (Wildman–Crippen LogP) is 3.99. The maximum absolute atomic E-state index is 13.8. The first kappa shape index (κ1) is 15.6. The number of hydrogen-bond acceptors (Lipinski definition) is 2. The number of anilines is 1. The van der Waals surface area contributed by atoms with E-state index in [-0.39, 0.29) is 33.4 Å². The van der Waals surface area contributed by atoms with Crippen molar-refractivity contribution in [3.05, 3.63) is 63.4 Å². The van der Waals surface area contributed by atoms with Gasteiger partial charge in [-0.15, -0.1) is 0 Å². The number of nitrogen functional groups attached to an aromatic ring is 1. The molecule has 0 aliphatic carbocycles. The van der Waals surface area contributed by atoms with Gasteiger partial charge in [0.05, 0.1) is 10.6 Å². The van der Waals surface area contributed by atoms with E-state index in [0.717, 1.165) is 0 Å². The second-order valence-electron chi connectivity index (χ2n) is 4.57. The molecule has 0 aliphatic heterocycles. The van der Waals surface area contributed by atoms with E-state index in [2.05, 4.69) is 0 Å². The van der Waals surface area contributed by atoms with E-state index in [4.69, 9.17) is 28.9 Å². The fourth-order valence-corrected chi connectivity index (χ4v) is 2.44. The molecular formula is C15H13Cl2FN2O. The van der Waals surface area contributed by atoms with Crippen molar-refractivity contribution < 1.29 is 9.18 Å². The third-order valence-electron chi connectivity index (χ3n) is 3.06. The first-order chi connectivity index (χ1) is 9.91. The van der Waals surface area contributed by atoms with Crippen LogP contribution in [0.4, 0.5) is 10.1 Å². The van der Waals surface area contributed by atoms with Crippen LogP contribution in [0, 0.1) is 5.82 Å². The van der Waals surface area contributed by atoms with Gasteiger partial charge in [-0.2, -0.15) is 0 Å². The molecule has 2 N–H and O–H groups in total. The molecule has 3 nitrogen and oxygen atoms in total. The average Bonchev–Trinajstić information content (AvgIpc) is 2.42. The lowest BCUT2D eigenvalue weighted by Crippen LogP contribution is -2.27. The molecule has 0 saturated carbocycles. The molecule has 2 aromatic rings. The highest BCUT2D eigenvalue weighted by molar-refractivity contribution is 6.34. The molecule has 110 valence electrons. The quantitative estimate of drug-likeness (QED) is 0.867. The second-order valence-corrected chi connectivity index (χ2v) is 5.38. The van der Waals surface area contributed by atoms with Crippen LogP contribution in [0.15, 0.2) is 36.4 Å². The normalized spacial score (nSPS) is 10.5. The monoisotopic (exact) mass is 326 g/mol. The second kappa shape index (κ2) is 6.33. The summed E-state index contributed by atoms with van der Waals surface area (Å²) < 4.78 is 13.8. The number of carbonyl (C=O) groups is 1. The number of nitrogens with two attached hydrogens (primary N) is 1. The first-order valence-corrected chi connectivity index (χ1v) is 6.89. The lowest BCUT2D eigenvalue weighted by molar-refractivity contribution is 0.0785. The van der Waals surface area contributed by atoms with Gasteiger partial charge in [0, 0.05) is 29.9 Å². The average molecular weight is 327 g/mol. The minimum absolute atomic E-state index is 0.0228. The minimum atomic E-state index is -0.464. The highest BCUT2D eigenvalue weighted by Gasteiger charge is 2.20. The van der Waals surface area contributed by atoms with Crippen LogP contribution in [0.3, 0.4) is 0 Å². The van der Waals surface area contributed by atoms with Gasteiger partial charge in [0.2, 0.25) is 0 Å². The third-order valence-corrected chi connectivity index (χ3v) is 3.73. The standard InChI is InChI=1S/C15H13Cl2FN2O/c1-20(8-9-10(16)4-2-6-12(9)18)15(21)14-11(17)5-3-7-13(14)19/h2-7H,8,19H2,1H3. The van der Waals surface area contributed by atoms with Crippen LogP contribution in [-0.2, 0) is 6.54 Å². The third kappa shape index (κ3) is 3.28. The molecule has 2 aromatic carbocycles. The summed E-state index contributed by atoms with van der Waals surface area (Å²) in [6.45, 7) is 0.0228. The summed E-state index contributed by atoms with van der Waals surface area (Å²) >= 11 is 12.0. The van der Waals surface area contributed by atoms with Crippen LogP contribution >= 0.6 is 23.2 Å². The Morgan fingerprint density at radius 1 is 1.19 bits per heavy atom. The van der Waals surface area contributed by atoms with Crippen LogP contribution in [-0.4, -0.2) is 17.9 Å². The fraction of sp³-hybridized carbons (Fsp3) is 0.133. The van der Waals surface area contributed by atoms with Gasteiger partial charge in [-0.05, 0) is 24.3 Å². The molecule has 0 unspecified atom stereocenters. The van der Waals surface area contributed by atoms with Gasteiger partial charge < -0.3 is 10.6 Å². The van der Waals surface area contributed by atoms with Crippen molar-refractivity contribution in [1.82, 2.24) is 4.90 Å². The highest BCUT2D eigenvalue weighted by atomic mass is 35.5. The molecule has 0 radical (unpaired) electrons. The summed E-state index contributed by atoms with van der Waals surface area (Å²) in [5.41, 5.74) is 6.51. The van der Waals surface area contributed by atoms with Crippen molar-refractivity contribution in [2.45, 2.75) is 6.54 Å². The van der Waals surface area contributed by atoms with E-state index < -0.39 is 11.7 Å². The lowest BCUT2D eigenvalue weighted by atomic mass is 10.1. The Morgan fingerprint density at radius 2 is 1.81 bits per heavy atom. The molecule has 0 bridgehead atoms. The SMILES string of the molecule is CN(Cc1c(F)cccc1Cl)C(=O)c1c(N)cccc1Cl. The summed E-state index contributed by atoms with van der Waals surface area (Å²) in [5, 5.41) is 0.522. The maximum atomic E-state index is 13.8. The molecule has 1 amide bonds. The van der Waals surface area contributed by atoms with E-state index >= 15 is 0 Å². The molecular weight excluding hydrogens is 314 g/mol. The van der Waals surface area contributed by atoms with Gasteiger partial charge in [-0.3, -0.25) is 4.79 Å². The van der Waals surface area contributed by atoms with Crippen molar-refractivity contribution in [3.63, 3.8) is 0 Å². The number of rotatable bonds is 3. The van der Waals surface area contributed by atoms with E-state index in [9.17, 15) is 9.18 Å². The maximum Gasteiger partial charge on any atom is 0.257 e. The van der Waals surface area contributed by atoms with Gasteiger partial charge >= 0.3 is 0 Å². The van der Waals surface area contributed by atoms with Crippen molar-refractivity contribution in [1.29, 1.82) is 0 Å². The molecule has 21 heavy (non-hydrogen) atoms. The smallest absolute Gasteiger partial charge is 0.257 e. The Hall–Kier alpha value is -1.78. The molecule has 0 heterocycles. The van der Waals surface area contributed by atoms with Gasteiger partial charge in [0.1, 0.15) is 5.82 Å². The zero-order valence-corrected chi connectivity index (χ0v) is 12.7. The number of carbonyl (C=O) groups excluding carboxylic acids is 1. The van der Waals surface area contributed by atoms with Gasteiger partial charge in [-0.25, -0.2) is 4.39 Å². The van der Waals surface area contributed by atoms with Crippen molar-refractivity contribution >= 4 is 34.8 Å². The Balaban J connectivity index is 2.29. The minimum Gasteiger partial charge on any atom is -0.398 e. The number of amides is 1. The lowest BCUT2D eigenvalue weighted by Gasteiger charge is -2.20. The van der Waals surface area contributed by atoms with Crippen LogP contribution in [0.5, 0.6) is 0 Å². The molecule has 0 aromatic heterocycles. The summed E-state index contributed by atoms with van der Waals surface area (Å²) in [6.07, 6.45) is 0. The highest BCUT2D eigenvalue weighted by Crippen LogP contribution is 2.25. The summed E-state index contributed by atoms with van der Waals surface area (Å²) in [7, 11) is 1.54. The topological polar surface area (TPSA) is 46.3 Å². The number of hydrogen-bond donors (Lipinski definition) is 1. The van der Waals surface area contributed by atoms with E-state index in [1.165, 1.54) is 24.1 Å². The molecule has 0 saturated heterocycles. The van der Waals surface area contributed by atoms with Crippen molar-refractivity contribution in [3.8, 4) is 0 Å². The van der Waals surface area contributed by atoms with E-state index in [0.29, 0.717) is 0 Å². The number of halogens is 3. The Morgan fingerprint density at radius 3 is 2.43 bits per heavy atom. The summed E-state index contributed by atoms with van der Waals surface area (Å²) in [4.78, 5) is 13.7. The van der Waals surface area contributed by atoms with Crippen molar-refractivity contribution in [2.75, 3.05) is 12.8 Å². The molecule has 0 aliphatic rings. The zero-order chi connectivity index (χ0) is 15.6. The predicted molar refractivity (Wildman–Crippen MR) is 83.1 cm³/mol. The number of nitrogens with zero attached hydrogens (tertiary/aromatic N) is 1. The van der Waals surface area contributed by atoms with Crippen molar-refractivity contribution in [2.24, 2.45) is 0 Å². The van der Waals surface area contributed by atoms with Crippen LogP contribution < -0.4 is 5.73 Å². The molecule has 0 spiro atoms. The largest absolute Gasteiger partial charge is 0.398 e. The Bertz CT molecular complexity index is 651. The Labute approximate surface area is 132 Å². The molecule has 2 rings (SSSR count). The summed E-state index contributed by atoms with van der Waals surface area (Å²) in [6, 6.07) is 9.20. The van der Waals surface area contributed by atoms with E-state index in [1.54, 1.807) is 24.3 Å². The van der Waals surface area contributed by atoms with Gasteiger partial charge in [-0.1, -0.05) is 35.3 Å². The molecule has 0 fully saturated rings. The first-order valence-electron chi connectivity index (χ1n) is 6.14. The van der Waals surface area contributed by atoms with Gasteiger partial charge in [0.25, 0.3) is 5.91 Å². The fourth-order valence-electron chi connectivity index (χ4n) is 1.95. The Kier molecular flexibility index (Phi) is 4.70. The van der Waals surface area contributed by atoms with Crippen LogP contribution in [0.1, 0.15) is 15.9 Å². The van der Waals surface area contributed by atoms with Crippen LogP contribution in [0.2, 0.25) is 10.0 Å². The molecule has 6 heteroatoms. The molecule has 0 atom stereocenters.